The number of carbonyl (C=O) groups excluding carboxylic acids is 1. The fraction of sp³-hybridized carbons (Fsp3) is 0.167. The van der Waals surface area contributed by atoms with Gasteiger partial charge in [-0.1, -0.05) is 30.0 Å². The van der Waals surface area contributed by atoms with Crippen molar-refractivity contribution in [1.29, 1.82) is 0 Å². The summed E-state index contributed by atoms with van der Waals surface area (Å²) in [5, 5.41) is 25.1. The molecule has 0 spiro atoms. The van der Waals surface area contributed by atoms with Gasteiger partial charge in [0.25, 0.3) is 5.69 Å². The zero-order chi connectivity index (χ0) is 19.8. The van der Waals surface area contributed by atoms with Crippen LogP contribution in [0.15, 0.2) is 66.1 Å². The Morgan fingerprint density at radius 2 is 1.86 bits per heavy atom. The molecule has 0 radical (unpaired) electrons. The van der Waals surface area contributed by atoms with Crippen LogP contribution in [0.2, 0.25) is 0 Å². The molecule has 0 aliphatic rings. The number of nitrogens with one attached hydrogen (secondary N) is 2. The number of rotatable bonds is 9. The summed E-state index contributed by atoms with van der Waals surface area (Å²) in [4.78, 5) is 22.2. The number of thioether (sulfide) groups is 1. The lowest BCUT2D eigenvalue weighted by molar-refractivity contribution is -0.384. The number of aromatic nitrogens is 3. The van der Waals surface area contributed by atoms with E-state index in [1.165, 1.54) is 23.9 Å². The number of non-ortho nitro benzene ring substituents is 1. The van der Waals surface area contributed by atoms with Gasteiger partial charge in [-0.25, -0.2) is 0 Å². The first-order chi connectivity index (χ1) is 13.6. The van der Waals surface area contributed by atoms with Crippen molar-refractivity contribution >= 4 is 29.0 Å². The van der Waals surface area contributed by atoms with Crippen LogP contribution >= 0.6 is 11.8 Å². The second kappa shape index (κ2) is 9.51. The summed E-state index contributed by atoms with van der Waals surface area (Å²) < 4.78 is 1.83. The maximum Gasteiger partial charge on any atom is 0.269 e. The van der Waals surface area contributed by atoms with Gasteiger partial charge in [-0.3, -0.25) is 19.5 Å². The average molecular weight is 398 g/mol. The lowest BCUT2D eigenvalue weighted by Gasteiger charge is -2.08. The third kappa shape index (κ3) is 5.30. The summed E-state index contributed by atoms with van der Waals surface area (Å²) >= 11 is 1.31. The minimum absolute atomic E-state index is 0.0410. The highest BCUT2D eigenvalue weighted by atomic mass is 32.2. The summed E-state index contributed by atoms with van der Waals surface area (Å²) in [6.45, 7) is 0.941. The average Bonchev–Trinajstić information content (AvgIpc) is 3.19. The van der Waals surface area contributed by atoms with Crippen molar-refractivity contribution in [2.75, 3.05) is 24.2 Å². The third-order valence-electron chi connectivity index (χ3n) is 3.74. The standard InChI is InChI=1S/C18H18N6O3S/c25-17(20-11-10-19-14-6-8-16(9-7-14)24(26)27)12-28-18-22-21-13-23(18)15-4-2-1-3-5-15/h1-9,13,19H,10-12H2,(H,20,25). The molecule has 10 heteroatoms. The molecule has 1 aromatic heterocycles. The largest absolute Gasteiger partial charge is 0.383 e. The smallest absolute Gasteiger partial charge is 0.269 e. The number of nitro groups is 1. The maximum atomic E-state index is 12.0. The van der Waals surface area contributed by atoms with E-state index in [0.717, 1.165) is 11.4 Å². The molecule has 3 rings (SSSR count). The summed E-state index contributed by atoms with van der Waals surface area (Å²) in [5.74, 6) is 0.112. The molecule has 0 aliphatic heterocycles. The number of nitrogens with zero attached hydrogens (tertiary/aromatic N) is 4. The Morgan fingerprint density at radius 1 is 1.11 bits per heavy atom. The van der Waals surface area contributed by atoms with Gasteiger partial charge in [-0.05, 0) is 24.3 Å². The van der Waals surface area contributed by atoms with Gasteiger partial charge >= 0.3 is 0 Å². The molecular weight excluding hydrogens is 380 g/mol. The van der Waals surface area contributed by atoms with Crippen LogP contribution in [0.1, 0.15) is 0 Å². The van der Waals surface area contributed by atoms with Crippen molar-refractivity contribution in [3.63, 3.8) is 0 Å². The van der Waals surface area contributed by atoms with Crippen molar-refractivity contribution in [3.05, 3.63) is 71.0 Å². The second-order valence-electron chi connectivity index (χ2n) is 5.69. The Labute approximate surface area is 165 Å². The predicted molar refractivity (Wildman–Crippen MR) is 107 cm³/mol. The highest BCUT2D eigenvalue weighted by Gasteiger charge is 2.10. The van der Waals surface area contributed by atoms with E-state index in [4.69, 9.17) is 0 Å². The lowest BCUT2D eigenvalue weighted by atomic mass is 10.3. The number of amides is 1. The molecule has 0 saturated heterocycles. The Bertz CT molecular complexity index is 930. The number of benzene rings is 2. The Balaban J connectivity index is 1.40. The van der Waals surface area contributed by atoms with E-state index in [-0.39, 0.29) is 17.3 Å². The fourth-order valence-electron chi connectivity index (χ4n) is 2.38. The molecular formula is C18H18N6O3S. The van der Waals surface area contributed by atoms with Crippen LogP contribution in [0.25, 0.3) is 5.69 Å². The first-order valence-electron chi connectivity index (χ1n) is 8.47. The molecule has 0 unspecified atom stereocenters. The van der Waals surface area contributed by atoms with Crippen LogP contribution in [0.4, 0.5) is 11.4 Å². The second-order valence-corrected chi connectivity index (χ2v) is 6.63. The van der Waals surface area contributed by atoms with E-state index < -0.39 is 4.92 Å². The van der Waals surface area contributed by atoms with Crippen molar-refractivity contribution < 1.29 is 9.72 Å². The number of carbonyl (C=O) groups is 1. The lowest BCUT2D eigenvalue weighted by Crippen LogP contribution is -2.30. The normalized spacial score (nSPS) is 10.4. The van der Waals surface area contributed by atoms with E-state index in [1.54, 1.807) is 18.5 Å². The van der Waals surface area contributed by atoms with Crippen molar-refractivity contribution in [2.24, 2.45) is 0 Å². The van der Waals surface area contributed by atoms with E-state index >= 15 is 0 Å². The molecule has 2 aromatic carbocycles. The topological polar surface area (TPSA) is 115 Å². The van der Waals surface area contributed by atoms with Crippen molar-refractivity contribution in [2.45, 2.75) is 5.16 Å². The number of anilines is 1. The zero-order valence-corrected chi connectivity index (χ0v) is 15.6. The molecule has 0 saturated carbocycles. The quantitative estimate of drug-likeness (QED) is 0.246. The summed E-state index contributed by atoms with van der Waals surface area (Å²) in [7, 11) is 0. The van der Waals surface area contributed by atoms with E-state index in [1.807, 2.05) is 34.9 Å². The minimum Gasteiger partial charge on any atom is -0.383 e. The molecule has 1 amide bonds. The fourth-order valence-corrected chi connectivity index (χ4v) is 3.14. The number of para-hydroxylation sites is 1. The molecule has 0 bridgehead atoms. The Morgan fingerprint density at radius 3 is 2.57 bits per heavy atom. The van der Waals surface area contributed by atoms with Gasteiger partial charge in [0.15, 0.2) is 5.16 Å². The van der Waals surface area contributed by atoms with Gasteiger partial charge in [-0.15, -0.1) is 10.2 Å². The molecule has 9 nitrogen and oxygen atoms in total. The zero-order valence-electron chi connectivity index (χ0n) is 14.8. The van der Waals surface area contributed by atoms with E-state index in [9.17, 15) is 14.9 Å². The highest BCUT2D eigenvalue weighted by Crippen LogP contribution is 2.19. The number of hydrogen-bond donors (Lipinski definition) is 2. The molecule has 28 heavy (non-hydrogen) atoms. The monoisotopic (exact) mass is 398 g/mol. The van der Waals surface area contributed by atoms with Crippen molar-refractivity contribution in [1.82, 2.24) is 20.1 Å². The third-order valence-corrected chi connectivity index (χ3v) is 4.68. The molecule has 1 heterocycles. The first-order valence-corrected chi connectivity index (χ1v) is 9.45. The molecule has 144 valence electrons. The van der Waals surface area contributed by atoms with Crippen LogP contribution in [0.5, 0.6) is 0 Å². The van der Waals surface area contributed by atoms with Crippen LogP contribution in [0.3, 0.4) is 0 Å². The first kappa shape index (κ1) is 19.4. The summed E-state index contributed by atoms with van der Waals surface area (Å²) in [6.07, 6.45) is 1.61. The van der Waals surface area contributed by atoms with Gasteiger partial charge in [0.05, 0.1) is 10.7 Å². The van der Waals surface area contributed by atoms with Crippen LogP contribution in [-0.2, 0) is 4.79 Å². The van der Waals surface area contributed by atoms with Gasteiger partial charge in [-0.2, -0.15) is 0 Å². The van der Waals surface area contributed by atoms with Gasteiger partial charge in [0.1, 0.15) is 6.33 Å². The molecule has 0 aliphatic carbocycles. The number of hydrogen-bond acceptors (Lipinski definition) is 7. The van der Waals surface area contributed by atoms with E-state index in [2.05, 4.69) is 20.8 Å². The van der Waals surface area contributed by atoms with Crippen molar-refractivity contribution in [3.8, 4) is 5.69 Å². The number of nitro benzene ring substituents is 1. The highest BCUT2D eigenvalue weighted by molar-refractivity contribution is 7.99. The van der Waals surface area contributed by atoms with Gasteiger partial charge in [0.2, 0.25) is 5.91 Å². The van der Waals surface area contributed by atoms with E-state index in [0.29, 0.717) is 18.2 Å². The maximum absolute atomic E-state index is 12.0. The van der Waals surface area contributed by atoms with Crippen LogP contribution in [-0.4, -0.2) is 44.4 Å². The molecule has 2 N–H and O–H groups in total. The van der Waals surface area contributed by atoms with Crippen LogP contribution < -0.4 is 10.6 Å². The summed E-state index contributed by atoms with van der Waals surface area (Å²) in [5.41, 5.74) is 1.73. The molecule has 0 fully saturated rings. The van der Waals surface area contributed by atoms with Gasteiger partial charge < -0.3 is 10.6 Å². The minimum atomic E-state index is -0.444. The van der Waals surface area contributed by atoms with Crippen LogP contribution in [0, 0.1) is 10.1 Å². The summed E-state index contributed by atoms with van der Waals surface area (Å²) in [6, 6.07) is 15.8. The Kier molecular flexibility index (Phi) is 6.58. The molecule has 0 atom stereocenters. The molecule has 3 aromatic rings. The SMILES string of the molecule is O=C(CSc1nncn1-c1ccccc1)NCCNc1ccc([N+](=O)[O-])cc1. The predicted octanol–water partition coefficient (Wildman–Crippen LogP) is 2.50. The van der Waals surface area contributed by atoms with Gasteiger partial charge in [0, 0.05) is 36.6 Å². The Hall–Kier alpha value is -3.40.